The molecule has 104 valence electrons. The second-order valence-corrected chi connectivity index (χ2v) is 4.58. The summed E-state index contributed by atoms with van der Waals surface area (Å²) in [6.07, 6.45) is 2.66. The molecule has 19 heavy (non-hydrogen) atoms. The second-order valence-electron chi connectivity index (χ2n) is 4.58. The summed E-state index contributed by atoms with van der Waals surface area (Å²) < 4.78 is 5.13. The molecule has 1 N–H and O–H groups in total. The van der Waals surface area contributed by atoms with Crippen molar-refractivity contribution < 1.29 is 9.53 Å². The van der Waals surface area contributed by atoms with E-state index in [0.29, 0.717) is 13.2 Å². The van der Waals surface area contributed by atoms with Crippen LogP contribution in [0.5, 0.6) is 0 Å². The molecule has 5 nitrogen and oxygen atoms in total. The molecule has 2 rings (SSSR count). The van der Waals surface area contributed by atoms with E-state index in [1.165, 1.54) is 0 Å². The molecule has 0 saturated carbocycles. The van der Waals surface area contributed by atoms with Crippen molar-refractivity contribution in [2.75, 3.05) is 32.8 Å². The molecule has 1 fully saturated rings. The number of aromatic nitrogens is 1. The Bertz CT molecular complexity index is 397. The zero-order chi connectivity index (χ0) is 13.5. The Balaban J connectivity index is 1.90. The van der Waals surface area contributed by atoms with E-state index in [-0.39, 0.29) is 12.0 Å². The molecule has 1 aromatic rings. The van der Waals surface area contributed by atoms with Crippen LogP contribution in [0.15, 0.2) is 24.4 Å². The van der Waals surface area contributed by atoms with Crippen LogP contribution in [0.2, 0.25) is 0 Å². The van der Waals surface area contributed by atoms with Crippen molar-refractivity contribution in [1.29, 1.82) is 0 Å². The molecular formula is C14H21N3O2. The predicted molar refractivity (Wildman–Crippen MR) is 72.8 cm³/mol. The first-order valence-corrected chi connectivity index (χ1v) is 6.82. The van der Waals surface area contributed by atoms with Crippen LogP contribution in [0.3, 0.4) is 0 Å². The van der Waals surface area contributed by atoms with E-state index in [0.717, 1.165) is 31.7 Å². The topological polar surface area (TPSA) is 54.5 Å². The average molecular weight is 263 g/mol. The van der Waals surface area contributed by atoms with Crippen LogP contribution in [0.25, 0.3) is 0 Å². The van der Waals surface area contributed by atoms with Gasteiger partial charge in [0, 0.05) is 44.5 Å². The molecule has 1 aliphatic rings. The van der Waals surface area contributed by atoms with Gasteiger partial charge in [-0.25, -0.2) is 0 Å². The highest BCUT2D eigenvalue weighted by Gasteiger charge is 2.29. The molecule has 2 heterocycles. The lowest BCUT2D eigenvalue weighted by atomic mass is 10.1. The second kappa shape index (κ2) is 7.21. The maximum Gasteiger partial charge on any atom is 0.324 e. The van der Waals surface area contributed by atoms with Crippen LogP contribution in [0, 0.1) is 0 Å². The molecule has 5 heteroatoms. The molecule has 1 atom stereocenters. The lowest BCUT2D eigenvalue weighted by molar-refractivity contribution is -0.150. The van der Waals surface area contributed by atoms with Crippen LogP contribution in [0.4, 0.5) is 0 Å². The molecule has 0 amide bonds. The van der Waals surface area contributed by atoms with E-state index in [2.05, 4.69) is 15.2 Å². The van der Waals surface area contributed by atoms with Crippen LogP contribution >= 0.6 is 0 Å². The number of carbonyl (C=O) groups excluding carboxylic acids is 1. The van der Waals surface area contributed by atoms with Gasteiger partial charge in [0.2, 0.25) is 0 Å². The fraction of sp³-hybridized carbons (Fsp3) is 0.571. The Morgan fingerprint density at radius 3 is 3.21 bits per heavy atom. The third kappa shape index (κ3) is 4.01. The zero-order valence-electron chi connectivity index (χ0n) is 11.3. The van der Waals surface area contributed by atoms with E-state index in [1.54, 1.807) is 6.20 Å². The summed E-state index contributed by atoms with van der Waals surface area (Å²) in [6, 6.07) is 5.75. The lowest BCUT2D eigenvalue weighted by Crippen LogP contribution is -2.55. The fourth-order valence-corrected chi connectivity index (χ4v) is 2.29. The molecule has 1 aromatic heterocycles. The first-order valence-electron chi connectivity index (χ1n) is 6.82. The highest BCUT2D eigenvalue weighted by molar-refractivity contribution is 5.76. The van der Waals surface area contributed by atoms with Crippen LogP contribution in [-0.2, 0) is 16.0 Å². The van der Waals surface area contributed by atoms with Crippen molar-refractivity contribution >= 4 is 5.97 Å². The summed E-state index contributed by atoms with van der Waals surface area (Å²) in [5.74, 6) is -0.129. The van der Waals surface area contributed by atoms with Gasteiger partial charge in [-0.1, -0.05) is 6.07 Å². The number of nitrogens with one attached hydrogen (secondary N) is 1. The van der Waals surface area contributed by atoms with Gasteiger partial charge >= 0.3 is 5.97 Å². The van der Waals surface area contributed by atoms with Crippen molar-refractivity contribution in [3.8, 4) is 0 Å². The van der Waals surface area contributed by atoms with E-state index in [1.807, 2.05) is 25.1 Å². The van der Waals surface area contributed by atoms with Gasteiger partial charge in [-0.3, -0.25) is 14.7 Å². The Kier molecular flexibility index (Phi) is 5.30. The standard InChI is InChI=1S/C14H21N3O2/c1-2-19-14(18)13-11-15-8-10-17(13)9-6-12-5-3-4-7-16-12/h3-5,7,13,15H,2,6,8-11H2,1H3. The lowest BCUT2D eigenvalue weighted by Gasteiger charge is -2.34. The number of esters is 1. The largest absolute Gasteiger partial charge is 0.465 e. The number of pyridine rings is 1. The Morgan fingerprint density at radius 2 is 2.47 bits per heavy atom. The number of hydrogen-bond acceptors (Lipinski definition) is 5. The number of rotatable bonds is 5. The van der Waals surface area contributed by atoms with E-state index in [4.69, 9.17) is 4.74 Å². The number of piperazine rings is 1. The van der Waals surface area contributed by atoms with E-state index in [9.17, 15) is 4.79 Å². The van der Waals surface area contributed by atoms with Gasteiger partial charge in [-0.15, -0.1) is 0 Å². The Labute approximate surface area is 114 Å². The minimum atomic E-state index is -0.169. The Hall–Kier alpha value is -1.46. The first kappa shape index (κ1) is 14.0. The molecule has 0 aromatic carbocycles. The van der Waals surface area contributed by atoms with Crippen LogP contribution < -0.4 is 5.32 Å². The van der Waals surface area contributed by atoms with E-state index < -0.39 is 0 Å². The average Bonchev–Trinajstić information content (AvgIpc) is 2.47. The number of carbonyl (C=O) groups is 1. The van der Waals surface area contributed by atoms with Gasteiger partial charge in [0.25, 0.3) is 0 Å². The smallest absolute Gasteiger partial charge is 0.324 e. The van der Waals surface area contributed by atoms with Crippen molar-refractivity contribution in [3.63, 3.8) is 0 Å². The quantitative estimate of drug-likeness (QED) is 0.782. The molecule has 0 aliphatic carbocycles. The van der Waals surface area contributed by atoms with Gasteiger partial charge < -0.3 is 10.1 Å². The van der Waals surface area contributed by atoms with Crippen LogP contribution in [0.1, 0.15) is 12.6 Å². The van der Waals surface area contributed by atoms with Gasteiger partial charge in [-0.05, 0) is 19.1 Å². The highest BCUT2D eigenvalue weighted by Crippen LogP contribution is 2.07. The molecule has 1 aliphatic heterocycles. The summed E-state index contributed by atoms with van der Waals surface area (Å²) in [6.45, 7) is 5.56. The fourth-order valence-electron chi connectivity index (χ4n) is 2.29. The van der Waals surface area contributed by atoms with Crippen molar-refractivity contribution in [3.05, 3.63) is 30.1 Å². The monoisotopic (exact) mass is 263 g/mol. The molecule has 1 saturated heterocycles. The zero-order valence-corrected chi connectivity index (χ0v) is 11.3. The number of ether oxygens (including phenoxy) is 1. The Morgan fingerprint density at radius 1 is 1.58 bits per heavy atom. The van der Waals surface area contributed by atoms with Gasteiger partial charge in [0.05, 0.1) is 6.61 Å². The molecule has 1 unspecified atom stereocenters. The minimum Gasteiger partial charge on any atom is -0.465 e. The molecule has 0 bridgehead atoms. The third-order valence-electron chi connectivity index (χ3n) is 3.29. The molecular weight excluding hydrogens is 242 g/mol. The van der Waals surface area contributed by atoms with Crippen molar-refractivity contribution in [2.24, 2.45) is 0 Å². The highest BCUT2D eigenvalue weighted by atomic mass is 16.5. The maximum absolute atomic E-state index is 11.9. The maximum atomic E-state index is 11.9. The minimum absolute atomic E-state index is 0.129. The van der Waals surface area contributed by atoms with Gasteiger partial charge in [-0.2, -0.15) is 0 Å². The summed E-state index contributed by atoms with van der Waals surface area (Å²) in [4.78, 5) is 18.4. The third-order valence-corrected chi connectivity index (χ3v) is 3.29. The van der Waals surface area contributed by atoms with Gasteiger partial charge in [0.1, 0.15) is 6.04 Å². The number of nitrogens with zero attached hydrogens (tertiary/aromatic N) is 2. The summed E-state index contributed by atoms with van der Waals surface area (Å²) in [5.41, 5.74) is 1.06. The number of hydrogen-bond donors (Lipinski definition) is 1. The molecule has 0 spiro atoms. The predicted octanol–water partition coefficient (Wildman–Crippen LogP) is 0.461. The van der Waals surface area contributed by atoms with E-state index >= 15 is 0 Å². The van der Waals surface area contributed by atoms with Crippen molar-refractivity contribution in [2.45, 2.75) is 19.4 Å². The molecule has 0 radical (unpaired) electrons. The first-order chi connectivity index (χ1) is 9.31. The van der Waals surface area contributed by atoms with Crippen LogP contribution in [-0.4, -0.2) is 54.7 Å². The van der Waals surface area contributed by atoms with Gasteiger partial charge in [0.15, 0.2) is 0 Å². The normalized spacial score (nSPS) is 20.2. The van der Waals surface area contributed by atoms with Crippen molar-refractivity contribution in [1.82, 2.24) is 15.2 Å². The summed E-state index contributed by atoms with van der Waals surface area (Å²) in [5, 5.41) is 3.24. The summed E-state index contributed by atoms with van der Waals surface area (Å²) >= 11 is 0. The summed E-state index contributed by atoms with van der Waals surface area (Å²) in [7, 11) is 0. The SMILES string of the molecule is CCOC(=O)C1CNCCN1CCc1ccccn1.